The van der Waals surface area contributed by atoms with Crippen LogP contribution in [0.15, 0.2) is 72.8 Å². The first kappa shape index (κ1) is 20.1. The maximum Gasteiger partial charge on any atom is 0.122 e. The Bertz CT molecular complexity index is 1170. The summed E-state index contributed by atoms with van der Waals surface area (Å²) in [5, 5.41) is 2.54. The van der Waals surface area contributed by atoms with E-state index in [9.17, 15) is 0 Å². The van der Waals surface area contributed by atoms with Crippen molar-refractivity contribution in [3.05, 3.63) is 83.2 Å². The molecule has 2 heterocycles. The summed E-state index contributed by atoms with van der Waals surface area (Å²) in [5.41, 5.74) is 3.87. The highest BCUT2D eigenvalue weighted by Crippen LogP contribution is 2.32. The minimum Gasteiger partial charge on any atom is -0.488 e. The monoisotopic (exact) mass is 428 g/mol. The third kappa shape index (κ3) is 4.46. The molecule has 3 aromatic carbocycles. The molecular weight excluding hydrogens is 400 g/mol. The zero-order valence-electron chi connectivity index (χ0n) is 18.2. The second kappa shape index (κ2) is 8.74. The minimum atomic E-state index is 0.596. The fourth-order valence-electron chi connectivity index (χ4n) is 4.13. The predicted molar refractivity (Wildman–Crippen MR) is 132 cm³/mol. The lowest BCUT2D eigenvalue weighted by Crippen LogP contribution is -2.44. The molecule has 1 aromatic heterocycles. The van der Waals surface area contributed by atoms with E-state index in [0.29, 0.717) is 6.61 Å². The number of fused-ring (bicyclic) bond motifs is 1. The first-order chi connectivity index (χ1) is 15.2. The molecule has 0 N–H and O–H groups in total. The number of benzene rings is 3. The summed E-state index contributed by atoms with van der Waals surface area (Å²) < 4.78 is 6.21. The van der Waals surface area contributed by atoms with Crippen LogP contribution in [0.1, 0.15) is 10.4 Å². The van der Waals surface area contributed by atoms with Gasteiger partial charge in [0.2, 0.25) is 0 Å². The van der Waals surface area contributed by atoms with Gasteiger partial charge in [0.25, 0.3) is 0 Å². The van der Waals surface area contributed by atoms with Gasteiger partial charge in [-0.2, -0.15) is 0 Å². The van der Waals surface area contributed by atoms with E-state index in [1.54, 1.807) is 11.3 Å². The van der Waals surface area contributed by atoms with Crippen LogP contribution in [-0.4, -0.2) is 38.1 Å². The number of anilines is 1. The van der Waals surface area contributed by atoms with Crippen molar-refractivity contribution >= 4 is 27.8 Å². The van der Waals surface area contributed by atoms with Crippen LogP contribution >= 0.6 is 11.3 Å². The lowest BCUT2D eigenvalue weighted by Gasteiger charge is -2.34. The van der Waals surface area contributed by atoms with Gasteiger partial charge in [-0.25, -0.2) is 0 Å². The Morgan fingerprint density at radius 2 is 1.68 bits per heavy atom. The minimum absolute atomic E-state index is 0.596. The van der Waals surface area contributed by atoms with Crippen molar-refractivity contribution in [1.82, 2.24) is 4.90 Å². The molecule has 0 bridgehead atoms. The summed E-state index contributed by atoms with van der Waals surface area (Å²) >= 11 is 1.80. The Labute approximate surface area is 188 Å². The van der Waals surface area contributed by atoms with Gasteiger partial charge in [-0.15, -0.1) is 11.3 Å². The van der Waals surface area contributed by atoms with E-state index in [1.165, 1.54) is 37.3 Å². The molecule has 0 atom stereocenters. The van der Waals surface area contributed by atoms with Crippen molar-refractivity contribution in [3.63, 3.8) is 0 Å². The zero-order valence-corrected chi connectivity index (χ0v) is 19.0. The molecule has 0 spiro atoms. The number of ether oxygens (including phenoxy) is 1. The molecule has 3 nitrogen and oxygen atoms in total. The summed E-state index contributed by atoms with van der Waals surface area (Å²) in [5.74, 6) is 0.930. The lowest BCUT2D eigenvalue weighted by atomic mass is 10.1. The highest BCUT2D eigenvalue weighted by atomic mass is 32.1. The topological polar surface area (TPSA) is 15.7 Å². The molecule has 0 aliphatic carbocycles. The van der Waals surface area contributed by atoms with E-state index >= 15 is 0 Å². The number of piperazine rings is 1. The van der Waals surface area contributed by atoms with Crippen LogP contribution in [-0.2, 0) is 6.61 Å². The SMILES string of the molecule is Cc1ccc(-c2ccc(COc3ccc4cccc(N5CCN(C)CC5)c4c3)s2)cc1. The fourth-order valence-corrected chi connectivity index (χ4v) is 5.06. The Balaban J connectivity index is 1.33. The van der Waals surface area contributed by atoms with E-state index in [-0.39, 0.29) is 0 Å². The molecule has 5 rings (SSSR count). The maximum absolute atomic E-state index is 6.21. The average Bonchev–Trinajstić information content (AvgIpc) is 3.27. The number of thiophene rings is 1. The van der Waals surface area contributed by atoms with E-state index in [4.69, 9.17) is 4.74 Å². The summed E-state index contributed by atoms with van der Waals surface area (Å²) in [6.45, 7) is 7.06. The van der Waals surface area contributed by atoms with E-state index < -0.39 is 0 Å². The second-order valence-corrected chi connectivity index (χ2v) is 9.54. The van der Waals surface area contributed by atoms with Crippen LogP contribution in [0.25, 0.3) is 21.2 Å². The molecular formula is C27H28N2OS. The number of nitrogens with zero attached hydrogens (tertiary/aromatic N) is 2. The molecule has 1 saturated heterocycles. The van der Waals surface area contributed by atoms with E-state index in [0.717, 1.165) is 31.9 Å². The van der Waals surface area contributed by atoms with Gasteiger partial charge in [-0.05, 0) is 55.3 Å². The average molecular weight is 429 g/mol. The standard InChI is InChI=1S/C27H28N2OS/c1-20-6-8-22(9-7-20)27-13-12-24(31-27)19-30-23-11-10-21-4-3-5-26(25(21)18-23)29-16-14-28(2)15-17-29/h3-13,18H,14-17,19H2,1-2H3. The Morgan fingerprint density at radius 1 is 0.871 bits per heavy atom. The van der Waals surface area contributed by atoms with Crippen molar-refractivity contribution in [1.29, 1.82) is 0 Å². The third-order valence-corrected chi connectivity index (χ3v) is 7.16. The van der Waals surface area contributed by atoms with Crippen molar-refractivity contribution in [2.24, 2.45) is 0 Å². The van der Waals surface area contributed by atoms with Crippen LogP contribution in [0.3, 0.4) is 0 Å². The van der Waals surface area contributed by atoms with Gasteiger partial charge in [0.15, 0.2) is 0 Å². The summed E-state index contributed by atoms with van der Waals surface area (Å²) in [6, 6.07) is 26.1. The quantitative estimate of drug-likeness (QED) is 0.376. The van der Waals surface area contributed by atoms with Crippen molar-refractivity contribution < 1.29 is 4.74 Å². The van der Waals surface area contributed by atoms with Gasteiger partial charge in [0.1, 0.15) is 12.4 Å². The summed E-state index contributed by atoms with van der Waals surface area (Å²) in [4.78, 5) is 7.42. The maximum atomic E-state index is 6.21. The highest BCUT2D eigenvalue weighted by molar-refractivity contribution is 7.15. The van der Waals surface area contributed by atoms with Gasteiger partial charge >= 0.3 is 0 Å². The first-order valence-electron chi connectivity index (χ1n) is 10.9. The van der Waals surface area contributed by atoms with Gasteiger partial charge < -0.3 is 14.5 Å². The normalized spacial score (nSPS) is 14.8. The molecule has 1 aliphatic rings. The predicted octanol–water partition coefficient (Wildman–Crippen LogP) is 6.21. The van der Waals surface area contributed by atoms with Gasteiger partial charge in [0, 0.05) is 47.0 Å². The number of aryl methyl sites for hydroxylation is 1. The molecule has 158 valence electrons. The van der Waals surface area contributed by atoms with Crippen LogP contribution in [0.5, 0.6) is 5.75 Å². The van der Waals surface area contributed by atoms with Crippen molar-refractivity contribution in [2.75, 3.05) is 38.1 Å². The zero-order chi connectivity index (χ0) is 21.2. The van der Waals surface area contributed by atoms with Crippen molar-refractivity contribution in [2.45, 2.75) is 13.5 Å². The lowest BCUT2D eigenvalue weighted by molar-refractivity contribution is 0.310. The van der Waals surface area contributed by atoms with Gasteiger partial charge in [0.05, 0.1) is 0 Å². The second-order valence-electron chi connectivity index (χ2n) is 8.37. The molecule has 4 aromatic rings. The van der Waals surface area contributed by atoms with Crippen LogP contribution < -0.4 is 9.64 Å². The molecule has 0 radical (unpaired) electrons. The smallest absolute Gasteiger partial charge is 0.122 e. The molecule has 4 heteroatoms. The van der Waals surface area contributed by atoms with Crippen LogP contribution in [0.4, 0.5) is 5.69 Å². The largest absolute Gasteiger partial charge is 0.488 e. The van der Waals surface area contributed by atoms with Crippen LogP contribution in [0, 0.1) is 6.92 Å². The van der Waals surface area contributed by atoms with Gasteiger partial charge in [-0.3, -0.25) is 0 Å². The first-order valence-corrected chi connectivity index (χ1v) is 11.7. The van der Waals surface area contributed by atoms with Crippen molar-refractivity contribution in [3.8, 4) is 16.2 Å². The van der Waals surface area contributed by atoms with Crippen LogP contribution in [0.2, 0.25) is 0 Å². The highest BCUT2D eigenvalue weighted by Gasteiger charge is 2.16. The summed E-state index contributed by atoms with van der Waals surface area (Å²) in [6.07, 6.45) is 0. The number of hydrogen-bond donors (Lipinski definition) is 0. The van der Waals surface area contributed by atoms with E-state index in [1.807, 2.05) is 0 Å². The number of likely N-dealkylation sites (N-methyl/N-ethyl adjacent to an activating group) is 1. The summed E-state index contributed by atoms with van der Waals surface area (Å²) in [7, 11) is 2.20. The Kier molecular flexibility index (Phi) is 5.66. The molecule has 0 amide bonds. The Morgan fingerprint density at radius 3 is 2.48 bits per heavy atom. The molecule has 31 heavy (non-hydrogen) atoms. The van der Waals surface area contributed by atoms with Gasteiger partial charge in [-0.1, -0.05) is 48.0 Å². The molecule has 1 fully saturated rings. The number of hydrogen-bond acceptors (Lipinski definition) is 4. The molecule has 0 saturated carbocycles. The molecule has 0 unspecified atom stereocenters. The third-order valence-electron chi connectivity index (χ3n) is 6.05. The molecule has 1 aliphatic heterocycles. The van der Waals surface area contributed by atoms with E-state index in [2.05, 4.69) is 96.6 Å². The Hall–Kier alpha value is -2.82. The fraction of sp³-hybridized carbons (Fsp3) is 0.259. The number of rotatable bonds is 5.